The number of sulfonamides is 1. The average Bonchev–Trinajstić information content (AvgIpc) is 2.73. The summed E-state index contributed by atoms with van der Waals surface area (Å²) >= 11 is 0. The van der Waals surface area contributed by atoms with Gasteiger partial charge in [0.15, 0.2) is 0 Å². The number of hydrogen-bond acceptors (Lipinski definition) is 4. The molecule has 1 unspecified atom stereocenters. The van der Waals surface area contributed by atoms with Gasteiger partial charge in [-0.05, 0) is 32.4 Å². The van der Waals surface area contributed by atoms with E-state index in [1.807, 2.05) is 0 Å². The minimum atomic E-state index is -3.06. The maximum absolute atomic E-state index is 12.0. The first-order valence-electron chi connectivity index (χ1n) is 6.05. The standard InChI is InChI=1S/C10H21N3O2S/c11-4-2-8-16(14,15)13-7-6-12-5-1-3-10(12)9-13/h10H,1-9,11H2. The molecule has 0 aromatic heterocycles. The molecule has 0 aromatic rings. The highest BCUT2D eigenvalue weighted by Crippen LogP contribution is 2.23. The average molecular weight is 247 g/mol. The van der Waals surface area contributed by atoms with Crippen LogP contribution in [0.2, 0.25) is 0 Å². The van der Waals surface area contributed by atoms with Crippen molar-refractivity contribution in [3.8, 4) is 0 Å². The fourth-order valence-corrected chi connectivity index (χ4v) is 4.16. The van der Waals surface area contributed by atoms with E-state index in [0.717, 1.165) is 19.5 Å². The van der Waals surface area contributed by atoms with E-state index in [1.165, 1.54) is 6.42 Å². The first-order valence-corrected chi connectivity index (χ1v) is 7.66. The Morgan fingerprint density at radius 1 is 1.25 bits per heavy atom. The zero-order chi connectivity index (χ0) is 11.6. The van der Waals surface area contributed by atoms with Crippen LogP contribution in [0.25, 0.3) is 0 Å². The monoisotopic (exact) mass is 247 g/mol. The second kappa shape index (κ2) is 5.00. The van der Waals surface area contributed by atoms with Crippen LogP contribution in [0, 0.1) is 0 Å². The van der Waals surface area contributed by atoms with Gasteiger partial charge < -0.3 is 5.73 Å². The van der Waals surface area contributed by atoms with Gasteiger partial charge in [0, 0.05) is 25.7 Å². The van der Waals surface area contributed by atoms with Gasteiger partial charge in [-0.2, -0.15) is 4.31 Å². The van der Waals surface area contributed by atoms with Gasteiger partial charge >= 0.3 is 0 Å². The molecule has 2 rings (SSSR count). The van der Waals surface area contributed by atoms with Gasteiger partial charge in [-0.1, -0.05) is 0 Å². The largest absolute Gasteiger partial charge is 0.330 e. The van der Waals surface area contributed by atoms with Crippen molar-refractivity contribution in [3.05, 3.63) is 0 Å². The van der Waals surface area contributed by atoms with Gasteiger partial charge in [0.25, 0.3) is 0 Å². The third kappa shape index (κ3) is 2.56. The summed E-state index contributed by atoms with van der Waals surface area (Å²) in [6.07, 6.45) is 2.91. The molecule has 0 bridgehead atoms. The molecule has 5 nitrogen and oxygen atoms in total. The lowest BCUT2D eigenvalue weighted by Gasteiger charge is -2.36. The van der Waals surface area contributed by atoms with Crippen LogP contribution in [-0.4, -0.2) is 62.1 Å². The molecule has 2 heterocycles. The Kier molecular flexibility index (Phi) is 3.84. The molecule has 2 saturated heterocycles. The first-order chi connectivity index (χ1) is 7.63. The van der Waals surface area contributed by atoms with Crippen molar-refractivity contribution in [2.45, 2.75) is 25.3 Å². The van der Waals surface area contributed by atoms with Gasteiger partial charge in [0.2, 0.25) is 10.0 Å². The van der Waals surface area contributed by atoms with E-state index in [-0.39, 0.29) is 5.75 Å². The highest BCUT2D eigenvalue weighted by molar-refractivity contribution is 7.89. The van der Waals surface area contributed by atoms with E-state index in [4.69, 9.17) is 5.73 Å². The molecular weight excluding hydrogens is 226 g/mol. The lowest BCUT2D eigenvalue weighted by molar-refractivity contribution is 0.158. The number of piperazine rings is 1. The number of hydrogen-bond donors (Lipinski definition) is 1. The minimum absolute atomic E-state index is 0.205. The van der Waals surface area contributed by atoms with E-state index in [0.29, 0.717) is 32.1 Å². The first kappa shape index (κ1) is 12.3. The second-order valence-electron chi connectivity index (χ2n) is 4.65. The zero-order valence-corrected chi connectivity index (χ0v) is 10.5. The molecule has 0 amide bonds. The van der Waals surface area contributed by atoms with Crippen LogP contribution in [0.5, 0.6) is 0 Å². The van der Waals surface area contributed by atoms with E-state index < -0.39 is 10.0 Å². The molecule has 0 aliphatic carbocycles. The maximum Gasteiger partial charge on any atom is 0.214 e. The van der Waals surface area contributed by atoms with Crippen molar-refractivity contribution in [1.82, 2.24) is 9.21 Å². The number of nitrogens with zero attached hydrogens (tertiary/aromatic N) is 2. The molecule has 2 fully saturated rings. The van der Waals surface area contributed by atoms with Crippen LogP contribution in [0.1, 0.15) is 19.3 Å². The highest BCUT2D eigenvalue weighted by Gasteiger charge is 2.34. The number of rotatable bonds is 4. The van der Waals surface area contributed by atoms with Crippen molar-refractivity contribution in [3.63, 3.8) is 0 Å². The Labute approximate surface area is 97.6 Å². The Hall–Kier alpha value is -0.170. The fourth-order valence-electron chi connectivity index (χ4n) is 2.61. The number of fused-ring (bicyclic) bond motifs is 1. The normalized spacial score (nSPS) is 28.2. The highest BCUT2D eigenvalue weighted by atomic mass is 32.2. The topological polar surface area (TPSA) is 66.6 Å². The summed E-state index contributed by atoms with van der Waals surface area (Å²) in [6, 6.07) is 0.460. The lowest BCUT2D eigenvalue weighted by Crippen LogP contribution is -2.52. The van der Waals surface area contributed by atoms with Crippen LogP contribution in [0.4, 0.5) is 0 Å². The van der Waals surface area contributed by atoms with Crippen LogP contribution in [0.3, 0.4) is 0 Å². The SMILES string of the molecule is NCCCS(=O)(=O)N1CCN2CCCC2C1. The zero-order valence-electron chi connectivity index (χ0n) is 9.64. The van der Waals surface area contributed by atoms with Gasteiger partial charge in [-0.3, -0.25) is 4.90 Å². The third-order valence-electron chi connectivity index (χ3n) is 3.55. The van der Waals surface area contributed by atoms with Gasteiger partial charge in [0.05, 0.1) is 5.75 Å². The summed E-state index contributed by atoms with van der Waals surface area (Å²) in [4.78, 5) is 2.41. The molecular formula is C10H21N3O2S. The Morgan fingerprint density at radius 2 is 2.06 bits per heavy atom. The smallest absolute Gasteiger partial charge is 0.214 e. The number of nitrogens with two attached hydrogens (primary N) is 1. The molecule has 94 valence electrons. The van der Waals surface area contributed by atoms with E-state index in [9.17, 15) is 8.42 Å². The lowest BCUT2D eigenvalue weighted by atomic mass is 10.2. The molecule has 16 heavy (non-hydrogen) atoms. The Bertz CT molecular complexity index is 331. The van der Waals surface area contributed by atoms with Crippen molar-refractivity contribution < 1.29 is 8.42 Å². The summed E-state index contributed by atoms with van der Waals surface area (Å²) in [5.41, 5.74) is 5.36. The molecule has 0 spiro atoms. The quantitative estimate of drug-likeness (QED) is 0.723. The summed E-state index contributed by atoms with van der Waals surface area (Å²) in [6.45, 7) is 3.83. The van der Waals surface area contributed by atoms with E-state index in [1.54, 1.807) is 4.31 Å². The van der Waals surface area contributed by atoms with Crippen molar-refractivity contribution in [1.29, 1.82) is 0 Å². The molecule has 2 N–H and O–H groups in total. The summed E-state index contributed by atoms with van der Waals surface area (Å²) in [5.74, 6) is 0.205. The predicted molar refractivity (Wildman–Crippen MR) is 63.6 cm³/mol. The maximum atomic E-state index is 12.0. The molecule has 1 atom stereocenters. The second-order valence-corrected chi connectivity index (χ2v) is 6.74. The van der Waals surface area contributed by atoms with Crippen LogP contribution in [0.15, 0.2) is 0 Å². The van der Waals surface area contributed by atoms with Crippen molar-refractivity contribution >= 4 is 10.0 Å². The van der Waals surface area contributed by atoms with Gasteiger partial charge in [-0.15, -0.1) is 0 Å². The fraction of sp³-hybridized carbons (Fsp3) is 1.00. The van der Waals surface area contributed by atoms with Gasteiger partial charge in [-0.25, -0.2) is 8.42 Å². The molecule has 2 aliphatic heterocycles. The summed E-state index contributed by atoms with van der Waals surface area (Å²) in [7, 11) is -3.06. The molecule has 0 saturated carbocycles. The van der Waals surface area contributed by atoms with Crippen LogP contribution >= 0.6 is 0 Å². The molecule has 0 aromatic carbocycles. The predicted octanol–water partition coefficient (Wildman–Crippen LogP) is -0.555. The van der Waals surface area contributed by atoms with E-state index >= 15 is 0 Å². The Morgan fingerprint density at radius 3 is 2.81 bits per heavy atom. The Balaban J connectivity index is 1.95. The summed E-state index contributed by atoms with van der Waals surface area (Å²) < 4.78 is 25.6. The third-order valence-corrected chi connectivity index (χ3v) is 5.47. The van der Waals surface area contributed by atoms with Crippen molar-refractivity contribution in [2.24, 2.45) is 5.73 Å². The molecule has 0 radical (unpaired) electrons. The van der Waals surface area contributed by atoms with E-state index in [2.05, 4.69) is 4.90 Å². The van der Waals surface area contributed by atoms with Crippen molar-refractivity contribution in [2.75, 3.05) is 38.5 Å². The molecule has 2 aliphatic rings. The molecule has 6 heteroatoms. The van der Waals surface area contributed by atoms with Gasteiger partial charge in [0.1, 0.15) is 0 Å². The minimum Gasteiger partial charge on any atom is -0.330 e. The summed E-state index contributed by atoms with van der Waals surface area (Å²) in [5, 5.41) is 0. The van der Waals surface area contributed by atoms with Crippen LogP contribution in [-0.2, 0) is 10.0 Å². The van der Waals surface area contributed by atoms with Crippen LogP contribution < -0.4 is 5.73 Å².